The zero-order valence-corrected chi connectivity index (χ0v) is 25.1. The van der Waals surface area contributed by atoms with Crippen molar-refractivity contribution in [2.45, 2.75) is 37.1 Å². The molecule has 1 saturated heterocycles. The van der Waals surface area contributed by atoms with E-state index in [2.05, 4.69) is 10.3 Å². The molecule has 13 heteroatoms. The summed E-state index contributed by atoms with van der Waals surface area (Å²) in [5.74, 6) is -5.32. The number of aliphatic carboxylic acids is 1. The molecule has 4 atom stereocenters. The summed E-state index contributed by atoms with van der Waals surface area (Å²) in [5, 5.41) is 26.5. The van der Waals surface area contributed by atoms with E-state index in [9.17, 15) is 39.3 Å². The Bertz CT molecular complexity index is 1450. The maximum atomic E-state index is 13.2. The zero-order valence-electron chi connectivity index (χ0n) is 22.2. The Labute approximate surface area is 258 Å². The van der Waals surface area contributed by atoms with Crippen molar-refractivity contribution >= 4 is 42.4 Å². The summed E-state index contributed by atoms with van der Waals surface area (Å²) in [4.78, 5) is 75.4. The van der Waals surface area contributed by atoms with Crippen LogP contribution in [0.15, 0.2) is 71.7 Å². The van der Waals surface area contributed by atoms with Gasteiger partial charge in [0.2, 0.25) is 7.94 Å². The van der Waals surface area contributed by atoms with Crippen LogP contribution in [0.1, 0.15) is 39.1 Å². The first-order valence-electron chi connectivity index (χ1n) is 12.7. The molecule has 1 fully saturated rings. The number of nitrogens with one attached hydrogen (secondary N) is 1. The monoisotopic (exact) mass is 587 g/mol. The number of benzene rings is 3. The average Bonchev–Trinajstić information content (AvgIpc) is 3.37. The Morgan fingerprint density at radius 2 is 1.63 bits per heavy atom. The minimum Gasteiger partial charge on any atom is -0.861 e. The van der Waals surface area contributed by atoms with Crippen molar-refractivity contribution in [3.05, 3.63) is 83.4 Å². The maximum absolute atomic E-state index is 13.2. The molecule has 2 aliphatic heterocycles. The molecular formula is C28H27N3NaO8P. The van der Waals surface area contributed by atoms with Crippen LogP contribution in [-0.4, -0.2) is 67.9 Å². The van der Waals surface area contributed by atoms with Gasteiger partial charge in [0.05, 0.1) is 0 Å². The van der Waals surface area contributed by atoms with Gasteiger partial charge < -0.3 is 15.1 Å². The molecule has 3 aromatic rings. The molecule has 2 heterocycles. The molecule has 0 aliphatic carbocycles. The smallest absolute Gasteiger partial charge is 0.861 e. The fraction of sp³-hybridized carbons (Fsp3) is 0.286. The third-order valence-electron chi connectivity index (χ3n) is 7.44. The Hall–Kier alpha value is -2.73. The Kier molecular flexibility index (Phi) is 9.63. The van der Waals surface area contributed by atoms with Crippen molar-refractivity contribution in [3.8, 4) is 0 Å². The van der Waals surface area contributed by atoms with Gasteiger partial charge in [-0.3, -0.25) is 24.8 Å². The number of carboxylic acids is 1. The predicted molar refractivity (Wildman–Crippen MR) is 143 cm³/mol. The molecule has 5 rings (SSSR count). The molecule has 2 amide bonds. The number of rotatable bonds is 9. The van der Waals surface area contributed by atoms with E-state index in [4.69, 9.17) is 0 Å². The van der Waals surface area contributed by atoms with Crippen molar-refractivity contribution in [1.82, 2.24) is 10.2 Å². The minimum absolute atomic E-state index is 0. The molecule has 0 saturated carbocycles. The largest absolute Gasteiger partial charge is 1.00 e. The van der Waals surface area contributed by atoms with Crippen LogP contribution < -0.4 is 44.9 Å². The van der Waals surface area contributed by atoms with E-state index in [-0.39, 0.29) is 55.4 Å². The Morgan fingerprint density at radius 3 is 2.20 bits per heavy atom. The minimum atomic E-state index is -4.75. The van der Waals surface area contributed by atoms with Crippen molar-refractivity contribution in [1.29, 1.82) is 0 Å². The first-order valence-corrected chi connectivity index (χ1v) is 14.4. The van der Waals surface area contributed by atoms with E-state index in [0.29, 0.717) is 22.1 Å². The zero-order chi connectivity index (χ0) is 28.6. The Balaban J connectivity index is 0.00000387. The second-order valence-electron chi connectivity index (χ2n) is 10.0. The van der Waals surface area contributed by atoms with Crippen LogP contribution in [0.25, 0.3) is 10.8 Å². The number of carboxylic acid groups (broad SMARTS) is 1. The molecule has 0 bridgehead atoms. The van der Waals surface area contributed by atoms with Crippen LogP contribution in [0, 0.1) is 5.92 Å². The van der Waals surface area contributed by atoms with Crippen molar-refractivity contribution < 1.29 is 68.8 Å². The SMILES string of the molecule is O=C(O)[C@H](Cc1ccccc1)N=C([O-])[C@H]1C[C@H](CCN2C(=O)c3cccc4cccc(c34)C2=O)[C@@H]([P+]([O-])(O)O)N1.[Na+]. The van der Waals surface area contributed by atoms with Gasteiger partial charge in [-0.05, 0) is 41.8 Å². The van der Waals surface area contributed by atoms with E-state index in [0.717, 1.165) is 10.3 Å². The summed E-state index contributed by atoms with van der Waals surface area (Å²) in [6, 6.07) is 16.5. The summed E-state index contributed by atoms with van der Waals surface area (Å²) in [5.41, 5.74) is 1.41. The van der Waals surface area contributed by atoms with Crippen LogP contribution in [0.4, 0.5) is 0 Å². The van der Waals surface area contributed by atoms with E-state index in [1.807, 2.05) is 12.1 Å². The summed E-state index contributed by atoms with van der Waals surface area (Å²) in [7, 11) is -4.75. The molecule has 0 unspecified atom stereocenters. The number of hydrogen-bond acceptors (Lipinski definition) is 9. The van der Waals surface area contributed by atoms with Gasteiger partial charge in [-0.15, -0.1) is 0 Å². The quantitative estimate of drug-likeness (QED) is 0.0702. The number of nitrogens with zero attached hydrogens (tertiary/aromatic N) is 2. The second-order valence-corrected chi connectivity index (χ2v) is 11.8. The topological polar surface area (TPSA) is 186 Å². The summed E-state index contributed by atoms with van der Waals surface area (Å²) in [6.07, 6.45) is -0.0415. The van der Waals surface area contributed by atoms with E-state index in [1.165, 1.54) is 0 Å². The van der Waals surface area contributed by atoms with Crippen molar-refractivity contribution in [2.24, 2.45) is 10.9 Å². The normalized spacial score (nSPS) is 21.6. The molecule has 0 aromatic heterocycles. The number of imide groups is 1. The summed E-state index contributed by atoms with van der Waals surface area (Å²) < 4.78 is 0. The molecule has 4 N–H and O–H groups in total. The van der Waals surface area contributed by atoms with Gasteiger partial charge in [0.25, 0.3) is 11.8 Å². The molecule has 0 radical (unpaired) electrons. The van der Waals surface area contributed by atoms with Gasteiger partial charge in [0.1, 0.15) is 6.04 Å². The van der Waals surface area contributed by atoms with E-state index in [1.54, 1.807) is 54.6 Å². The summed E-state index contributed by atoms with van der Waals surface area (Å²) in [6.45, 7) is -0.116. The maximum Gasteiger partial charge on any atom is 1.00 e. The van der Waals surface area contributed by atoms with Gasteiger partial charge in [-0.2, -0.15) is 0 Å². The van der Waals surface area contributed by atoms with Crippen LogP contribution in [0.5, 0.6) is 0 Å². The number of carbonyl (C=O) groups excluding carboxylic acids is 2. The van der Waals surface area contributed by atoms with Gasteiger partial charge in [0.15, 0.2) is 5.78 Å². The summed E-state index contributed by atoms with van der Waals surface area (Å²) >= 11 is 0. The number of amides is 2. The van der Waals surface area contributed by atoms with Crippen LogP contribution >= 0.6 is 7.94 Å². The fourth-order valence-electron chi connectivity index (χ4n) is 5.51. The van der Waals surface area contributed by atoms with E-state index < -0.39 is 55.4 Å². The fourth-order valence-corrected chi connectivity index (χ4v) is 6.70. The second kappa shape index (κ2) is 12.6. The number of hydrogen-bond donors (Lipinski definition) is 4. The molecule has 0 spiro atoms. The van der Waals surface area contributed by atoms with Crippen LogP contribution in [0.2, 0.25) is 0 Å². The van der Waals surface area contributed by atoms with Crippen LogP contribution in [-0.2, 0) is 11.2 Å². The van der Waals surface area contributed by atoms with Crippen molar-refractivity contribution in [2.75, 3.05) is 6.54 Å². The van der Waals surface area contributed by atoms with Gasteiger partial charge >= 0.3 is 35.5 Å². The van der Waals surface area contributed by atoms with Gasteiger partial charge in [-0.25, -0.2) is 14.6 Å². The first-order chi connectivity index (χ1) is 19.0. The Morgan fingerprint density at radius 1 is 1.02 bits per heavy atom. The number of carbonyl (C=O) groups is 3. The van der Waals surface area contributed by atoms with Gasteiger partial charge in [0, 0.05) is 41.4 Å². The average molecular weight is 588 g/mol. The third kappa shape index (κ3) is 6.53. The first kappa shape index (κ1) is 31.2. The van der Waals surface area contributed by atoms with Crippen LogP contribution in [0.3, 0.4) is 0 Å². The predicted octanol–water partition coefficient (Wildman–Crippen LogP) is -2.30. The molecule has 2 aliphatic rings. The molecule has 208 valence electrons. The third-order valence-corrected chi connectivity index (χ3v) is 8.73. The van der Waals surface area contributed by atoms with E-state index >= 15 is 0 Å². The van der Waals surface area contributed by atoms with Crippen molar-refractivity contribution in [3.63, 3.8) is 0 Å². The molecule has 41 heavy (non-hydrogen) atoms. The molecular weight excluding hydrogens is 560 g/mol. The van der Waals surface area contributed by atoms with Gasteiger partial charge in [-0.1, -0.05) is 54.6 Å². The molecule has 11 nitrogen and oxygen atoms in total. The standard InChI is InChI=1S/C28H28N3O8P.Na/c32-24(29-22(28(35)36)14-16-6-2-1-3-7-16)21-15-18(25(30-21)40(37,38)39)12-13-31-26(33)19-10-4-8-17-9-5-11-20(23(17)19)27(31)34;/h1-11,18,21-22,25,30H,12-15H2,(H,29,32)(H,35,36)(H2,37,38,39);/q;+1/p-1/t18-,21+,22-,25+;/m0./s1. The molecule has 3 aromatic carbocycles. The number of aliphatic imine (C=N–C) groups is 1.